The van der Waals surface area contributed by atoms with Gasteiger partial charge in [0.15, 0.2) is 0 Å². The molecule has 1 heterocycles. The molecule has 0 atom stereocenters. The predicted molar refractivity (Wildman–Crippen MR) is 208 cm³/mol. The zero-order chi connectivity index (χ0) is 32.3. The van der Waals surface area contributed by atoms with E-state index in [1.807, 2.05) is 78.1 Å². The lowest BCUT2D eigenvalue weighted by molar-refractivity contribution is 1.47. The van der Waals surface area contributed by atoms with E-state index in [2.05, 4.69) is 108 Å². The van der Waals surface area contributed by atoms with E-state index in [1.54, 1.807) is 6.34 Å². The molecule has 0 bridgehead atoms. The number of nitrogens with one attached hydrogen (secondary N) is 2. The van der Waals surface area contributed by atoms with Crippen molar-refractivity contribution in [3.63, 3.8) is 0 Å². The number of rotatable bonds is 8. The third kappa shape index (κ3) is 5.70. The first kappa shape index (κ1) is 29.3. The molecule has 8 rings (SSSR count). The summed E-state index contributed by atoms with van der Waals surface area (Å²) >= 11 is 1.84. The second-order valence-electron chi connectivity index (χ2n) is 11.6. The normalized spacial score (nSPS) is 11.9. The number of thiophene rings is 1. The van der Waals surface area contributed by atoms with Gasteiger partial charge in [-0.05, 0) is 63.4 Å². The highest BCUT2D eigenvalue weighted by molar-refractivity contribution is 7.26. The van der Waals surface area contributed by atoms with Crippen molar-refractivity contribution < 1.29 is 0 Å². The Morgan fingerprint density at radius 1 is 0.542 bits per heavy atom. The largest absolute Gasteiger partial charge is 0.346 e. The van der Waals surface area contributed by atoms with Crippen LogP contribution in [0.4, 0.5) is 5.69 Å². The Hall–Kier alpha value is -6.10. The van der Waals surface area contributed by atoms with Gasteiger partial charge in [-0.1, -0.05) is 140 Å². The summed E-state index contributed by atoms with van der Waals surface area (Å²) in [5, 5.41) is 17.3. The van der Waals surface area contributed by atoms with E-state index >= 15 is 0 Å². The van der Waals surface area contributed by atoms with Gasteiger partial charge in [-0.15, -0.1) is 11.3 Å². The van der Waals surface area contributed by atoms with Gasteiger partial charge in [-0.25, -0.2) is 4.99 Å². The third-order valence-corrected chi connectivity index (χ3v) is 9.79. The zero-order valence-electron chi connectivity index (χ0n) is 26.1. The van der Waals surface area contributed by atoms with Gasteiger partial charge in [0.2, 0.25) is 0 Å². The van der Waals surface area contributed by atoms with Crippen LogP contribution in [-0.4, -0.2) is 12.1 Å². The minimum atomic E-state index is 0.405. The minimum absolute atomic E-state index is 0.405. The Kier molecular flexibility index (Phi) is 7.91. The maximum absolute atomic E-state index is 8.78. The Bertz CT molecular complexity index is 2480. The Morgan fingerprint density at radius 3 is 1.98 bits per heavy atom. The summed E-state index contributed by atoms with van der Waals surface area (Å²) in [5.41, 5.74) is 8.45. The van der Waals surface area contributed by atoms with Gasteiger partial charge in [0, 0.05) is 37.0 Å². The second kappa shape index (κ2) is 13.0. The van der Waals surface area contributed by atoms with E-state index in [1.165, 1.54) is 42.1 Å². The van der Waals surface area contributed by atoms with Crippen molar-refractivity contribution >= 4 is 65.7 Å². The molecule has 2 N–H and O–H groups in total. The van der Waals surface area contributed by atoms with E-state index < -0.39 is 0 Å². The SMILES string of the molecule is N=C(/C=C(\N=CNc1ccc2c(ccc3sc4ccccc4c32)c1-c1cccc(-c2ccccc2)c1)c1ccccc1)c1ccccc1. The summed E-state index contributed by atoms with van der Waals surface area (Å²) in [6.45, 7) is 0. The number of aliphatic imine (C=N–C) groups is 1. The van der Waals surface area contributed by atoms with Crippen LogP contribution < -0.4 is 5.32 Å². The number of hydrogen-bond acceptors (Lipinski definition) is 3. The Balaban J connectivity index is 1.26. The van der Waals surface area contributed by atoms with Crippen LogP contribution in [0.3, 0.4) is 0 Å². The van der Waals surface area contributed by atoms with Crippen molar-refractivity contribution in [2.75, 3.05) is 5.32 Å². The topological polar surface area (TPSA) is 48.2 Å². The molecule has 0 fully saturated rings. The molecule has 228 valence electrons. The van der Waals surface area contributed by atoms with Gasteiger partial charge in [0.25, 0.3) is 0 Å². The third-order valence-electron chi connectivity index (χ3n) is 8.66. The fourth-order valence-electron chi connectivity index (χ4n) is 6.36. The fourth-order valence-corrected chi connectivity index (χ4v) is 7.48. The zero-order valence-corrected chi connectivity index (χ0v) is 26.9. The van der Waals surface area contributed by atoms with Crippen LogP contribution in [0.2, 0.25) is 0 Å². The van der Waals surface area contributed by atoms with Crippen molar-refractivity contribution in [2.24, 2.45) is 4.99 Å². The maximum Gasteiger partial charge on any atom is 0.0930 e. The molecule has 0 aliphatic rings. The standard InChI is InChI=1S/C44H31N3S/c45-38(31-15-6-2-7-16-31)28-40(32-17-8-3-9-18-32)47-29-46-39-25-23-36-35(24-26-42-44(36)37-21-10-11-22-41(37)48-42)43(39)34-20-12-19-33(27-34)30-13-4-1-5-14-30/h1-29,45H,(H,46,47)/b40-28-,45-38?. The molecule has 3 nitrogen and oxygen atoms in total. The number of fused-ring (bicyclic) bond motifs is 5. The summed E-state index contributed by atoms with van der Waals surface area (Å²) < 4.78 is 2.58. The second-order valence-corrected chi connectivity index (χ2v) is 12.7. The van der Waals surface area contributed by atoms with E-state index in [0.29, 0.717) is 11.4 Å². The predicted octanol–water partition coefficient (Wildman–Crippen LogP) is 12.1. The van der Waals surface area contributed by atoms with E-state index in [9.17, 15) is 0 Å². The van der Waals surface area contributed by atoms with Crippen LogP contribution in [0.15, 0.2) is 175 Å². The maximum atomic E-state index is 8.78. The van der Waals surface area contributed by atoms with Gasteiger partial charge >= 0.3 is 0 Å². The molecule has 0 spiro atoms. The van der Waals surface area contributed by atoms with Gasteiger partial charge in [0.1, 0.15) is 0 Å². The number of anilines is 1. The smallest absolute Gasteiger partial charge is 0.0930 e. The molecule has 0 unspecified atom stereocenters. The van der Waals surface area contributed by atoms with Gasteiger partial charge in [0.05, 0.1) is 17.7 Å². The lowest BCUT2D eigenvalue weighted by Gasteiger charge is -2.15. The van der Waals surface area contributed by atoms with Crippen LogP contribution in [0.1, 0.15) is 11.1 Å². The van der Waals surface area contributed by atoms with Gasteiger partial charge < -0.3 is 10.7 Å². The molecule has 7 aromatic carbocycles. The summed E-state index contributed by atoms with van der Waals surface area (Å²) in [5.74, 6) is 0. The highest BCUT2D eigenvalue weighted by Crippen LogP contribution is 2.43. The quantitative estimate of drug-likeness (QED) is 0.127. The number of benzene rings is 7. The first-order chi connectivity index (χ1) is 23.7. The molecule has 0 amide bonds. The van der Waals surface area contributed by atoms with Crippen molar-refractivity contribution in [1.29, 1.82) is 5.41 Å². The summed E-state index contributed by atoms with van der Waals surface area (Å²) in [7, 11) is 0. The fraction of sp³-hybridized carbons (Fsp3) is 0. The molecule has 0 saturated carbocycles. The van der Waals surface area contributed by atoms with E-state index in [-0.39, 0.29) is 0 Å². The van der Waals surface area contributed by atoms with E-state index in [4.69, 9.17) is 10.4 Å². The van der Waals surface area contributed by atoms with Crippen LogP contribution in [0.25, 0.3) is 58.9 Å². The van der Waals surface area contributed by atoms with Crippen LogP contribution in [-0.2, 0) is 0 Å². The summed E-state index contributed by atoms with van der Waals surface area (Å²) in [4.78, 5) is 4.90. The van der Waals surface area contributed by atoms with Crippen molar-refractivity contribution in [2.45, 2.75) is 0 Å². The number of hydrogen-bond donors (Lipinski definition) is 2. The lowest BCUT2D eigenvalue weighted by atomic mass is 9.92. The molecule has 0 saturated heterocycles. The van der Waals surface area contributed by atoms with Crippen LogP contribution in [0.5, 0.6) is 0 Å². The van der Waals surface area contributed by atoms with Gasteiger partial charge in [-0.3, -0.25) is 0 Å². The van der Waals surface area contributed by atoms with Gasteiger partial charge in [-0.2, -0.15) is 0 Å². The molecule has 8 aromatic rings. The monoisotopic (exact) mass is 633 g/mol. The molecule has 48 heavy (non-hydrogen) atoms. The van der Waals surface area contributed by atoms with E-state index in [0.717, 1.165) is 27.9 Å². The highest BCUT2D eigenvalue weighted by atomic mass is 32.1. The first-order valence-corrected chi connectivity index (χ1v) is 16.8. The molecule has 4 heteroatoms. The molecule has 0 aliphatic carbocycles. The average molecular weight is 634 g/mol. The molecular formula is C44H31N3S. The van der Waals surface area contributed by atoms with Crippen LogP contribution in [0, 0.1) is 5.41 Å². The summed E-state index contributed by atoms with van der Waals surface area (Å²) in [6.07, 6.45) is 3.58. The number of nitrogens with zero attached hydrogens (tertiary/aromatic N) is 1. The first-order valence-electron chi connectivity index (χ1n) is 16.0. The lowest BCUT2D eigenvalue weighted by Crippen LogP contribution is -2.00. The molecule has 0 radical (unpaired) electrons. The van der Waals surface area contributed by atoms with Crippen molar-refractivity contribution in [3.8, 4) is 22.3 Å². The van der Waals surface area contributed by atoms with Crippen LogP contribution >= 0.6 is 11.3 Å². The minimum Gasteiger partial charge on any atom is -0.346 e. The summed E-state index contributed by atoms with van der Waals surface area (Å²) in [6, 6.07) is 56.7. The molecular weight excluding hydrogens is 603 g/mol. The number of allylic oxidation sites excluding steroid dienone is 1. The molecule has 1 aromatic heterocycles. The Labute approximate surface area is 283 Å². The van der Waals surface area contributed by atoms with Crippen molar-refractivity contribution in [3.05, 3.63) is 181 Å². The average Bonchev–Trinajstić information content (AvgIpc) is 3.54. The van der Waals surface area contributed by atoms with Crippen molar-refractivity contribution in [1.82, 2.24) is 0 Å². The molecule has 0 aliphatic heterocycles. The highest BCUT2D eigenvalue weighted by Gasteiger charge is 2.15. The Morgan fingerprint density at radius 2 is 1.19 bits per heavy atom.